The first kappa shape index (κ1) is 15.9. The van der Waals surface area contributed by atoms with Gasteiger partial charge in [-0.25, -0.2) is 15.0 Å². The van der Waals surface area contributed by atoms with Crippen LogP contribution in [0.5, 0.6) is 5.75 Å². The summed E-state index contributed by atoms with van der Waals surface area (Å²) in [4.78, 5) is 23.2. The largest absolute Gasteiger partial charge is 0.497 e. The zero-order chi connectivity index (χ0) is 17.1. The lowest BCUT2D eigenvalue weighted by Gasteiger charge is -2.06. The zero-order valence-electron chi connectivity index (χ0n) is 12.9. The van der Waals surface area contributed by atoms with Crippen molar-refractivity contribution in [2.45, 2.75) is 6.92 Å². The normalized spacial score (nSPS) is 10.6. The number of ether oxygens (including phenoxy) is 1. The summed E-state index contributed by atoms with van der Waals surface area (Å²) in [5, 5.41) is 17.6. The summed E-state index contributed by atoms with van der Waals surface area (Å²) < 4.78 is 6.09. The molecular formula is C14H14N6O3S. The van der Waals surface area contributed by atoms with E-state index in [0.717, 1.165) is 16.0 Å². The summed E-state index contributed by atoms with van der Waals surface area (Å²) in [7, 11) is 1.59. The van der Waals surface area contributed by atoms with Gasteiger partial charge in [0.15, 0.2) is 5.13 Å². The summed E-state index contributed by atoms with van der Waals surface area (Å²) in [6.45, 7) is 2.35. The highest BCUT2D eigenvalue weighted by Gasteiger charge is 2.23. The fraction of sp³-hybridized carbons (Fsp3) is 0.214. The van der Waals surface area contributed by atoms with Crippen molar-refractivity contribution in [2.24, 2.45) is 0 Å². The molecule has 124 valence electrons. The number of hydrogen-bond donors (Lipinski definition) is 2. The Kier molecular flexibility index (Phi) is 4.38. The van der Waals surface area contributed by atoms with Gasteiger partial charge in [0, 0.05) is 6.54 Å². The smallest absolute Gasteiger partial charge is 0.353 e. The highest BCUT2D eigenvalue weighted by molar-refractivity contribution is 7.22. The SMILES string of the molecule is CCNc1ncnc(Nc2nc3ccc(OC)cc3s2)c1[N+](=O)[O-]. The van der Waals surface area contributed by atoms with Crippen molar-refractivity contribution in [1.29, 1.82) is 0 Å². The van der Waals surface area contributed by atoms with Gasteiger partial charge in [-0.1, -0.05) is 11.3 Å². The lowest BCUT2D eigenvalue weighted by atomic mass is 10.3. The predicted octanol–water partition coefficient (Wildman–Crippen LogP) is 3.18. The van der Waals surface area contributed by atoms with Crippen LogP contribution in [0, 0.1) is 10.1 Å². The molecule has 3 rings (SSSR count). The van der Waals surface area contributed by atoms with Gasteiger partial charge in [-0.05, 0) is 25.1 Å². The molecule has 9 nitrogen and oxygen atoms in total. The average molecular weight is 346 g/mol. The van der Waals surface area contributed by atoms with Crippen LogP contribution >= 0.6 is 11.3 Å². The van der Waals surface area contributed by atoms with Crippen LogP contribution in [0.4, 0.5) is 22.5 Å². The number of nitrogens with one attached hydrogen (secondary N) is 2. The molecule has 0 aliphatic heterocycles. The van der Waals surface area contributed by atoms with Crippen LogP contribution in [-0.4, -0.2) is 33.5 Å². The van der Waals surface area contributed by atoms with Gasteiger partial charge in [0.25, 0.3) is 0 Å². The molecule has 0 fully saturated rings. The molecule has 0 aliphatic carbocycles. The van der Waals surface area contributed by atoms with Crippen molar-refractivity contribution in [1.82, 2.24) is 15.0 Å². The standard InChI is InChI=1S/C14H14N6O3S/c1-3-15-12-11(20(21)22)13(17-7-16-12)19-14-18-9-5-4-8(23-2)6-10(9)24-14/h4-7H,3H2,1-2H3,(H2,15,16,17,18,19). The molecule has 10 heteroatoms. The van der Waals surface area contributed by atoms with Gasteiger partial charge in [0.1, 0.15) is 12.1 Å². The second kappa shape index (κ2) is 6.62. The summed E-state index contributed by atoms with van der Waals surface area (Å²) in [5.41, 5.74) is 0.558. The molecule has 0 aliphatic rings. The summed E-state index contributed by atoms with van der Waals surface area (Å²) in [6.07, 6.45) is 1.27. The van der Waals surface area contributed by atoms with Gasteiger partial charge in [-0.3, -0.25) is 10.1 Å². The van der Waals surface area contributed by atoms with Gasteiger partial charge in [-0.2, -0.15) is 0 Å². The fourth-order valence-corrected chi connectivity index (χ4v) is 3.02. The van der Waals surface area contributed by atoms with Crippen molar-refractivity contribution in [3.63, 3.8) is 0 Å². The van der Waals surface area contributed by atoms with Gasteiger partial charge >= 0.3 is 5.69 Å². The third-order valence-electron chi connectivity index (χ3n) is 3.17. The Morgan fingerprint density at radius 3 is 2.83 bits per heavy atom. The first-order chi connectivity index (χ1) is 11.6. The van der Waals surface area contributed by atoms with Crippen molar-refractivity contribution < 1.29 is 9.66 Å². The van der Waals surface area contributed by atoms with Crippen molar-refractivity contribution in [2.75, 3.05) is 24.3 Å². The lowest BCUT2D eigenvalue weighted by molar-refractivity contribution is -0.383. The van der Waals surface area contributed by atoms with E-state index in [1.54, 1.807) is 7.11 Å². The molecule has 2 aromatic heterocycles. The molecule has 0 unspecified atom stereocenters. The van der Waals surface area contributed by atoms with Crippen LogP contribution in [0.2, 0.25) is 0 Å². The van der Waals surface area contributed by atoms with Gasteiger partial charge in [0.2, 0.25) is 11.6 Å². The minimum Gasteiger partial charge on any atom is -0.497 e. The van der Waals surface area contributed by atoms with Gasteiger partial charge in [0.05, 0.1) is 22.2 Å². The number of anilines is 3. The van der Waals surface area contributed by atoms with Crippen LogP contribution in [0.1, 0.15) is 6.92 Å². The number of aromatic nitrogens is 3. The molecule has 0 saturated heterocycles. The number of thiazole rings is 1. The van der Waals surface area contributed by atoms with Crippen molar-refractivity contribution >= 4 is 44.0 Å². The number of methoxy groups -OCH3 is 1. The van der Waals surface area contributed by atoms with E-state index in [1.807, 2.05) is 25.1 Å². The average Bonchev–Trinajstić information content (AvgIpc) is 2.96. The van der Waals surface area contributed by atoms with Crippen LogP contribution in [-0.2, 0) is 0 Å². The fourth-order valence-electron chi connectivity index (χ4n) is 2.13. The monoisotopic (exact) mass is 346 g/mol. The summed E-state index contributed by atoms with van der Waals surface area (Å²) in [5.74, 6) is 0.986. The Bertz CT molecular complexity index is 897. The van der Waals surface area contributed by atoms with Crippen LogP contribution < -0.4 is 15.4 Å². The molecule has 0 saturated carbocycles. The Labute approximate surface area is 140 Å². The highest BCUT2D eigenvalue weighted by Crippen LogP contribution is 2.34. The number of fused-ring (bicyclic) bond motifs is 1. The molecule has 2 N–H and O–H groups in total. The third kappa shape index (κ3) is 3.04. The second-order valence-electron chi connectivity index (χ2n) is 4.68. The number of hydrogen-bond acceptors (Lipinski definition) is 9. The maximum Gasteiger partial charge on any atom is 0.353 e. The molecule has 1 aromatic carbocycles. The molecule has 2 heterocycles. The Hall–Kier alpha value is -3.01. The number of rotatable bonds is 6. The van der Waals surface area contributed by atoms with Crippen LogP contribution in [0.25, 0.3) is 10.2 Å². The Balaban J connectivity index is 1.98. The van der Waals surface area contributed by atoms with Gasteiger partial charge < -0.3 is 15.4 Å². The van der Waals surface area contributed by atoms with E-state index >= 15 is 0 Å². The Morgan fingerprint density at radius 2 is 2.12 bits per heavy atom. The number of nitro groups is 1. The second-order valence-corrected chi connectivity index (χ2v) is 5.72. The van der Waals surface area contributed by atoms with E-state index in [4.69, 9.17) is 4.74 Å². The minimum atomic E-state index is -0.517. The van der Waals surface area contributed by atoms with Crippen molar-refractivity contribution in [3.8, 4) is 5.75 Å². The quantitative estimate of drug-likeness (QED) is 0.516. The summed E-state index contributed by atoms with van der Waals surface area (Å²) >= 11 is 1.36. The van der Waals surface area contributed by atoms with E-state index in [1.165, 1.54) is 17.7 Å². The molecule has 24 heavy (non-hydrogen) atoms. The van der Waals surface area contributed by atoms with E-state index in [2.05, 4.69) is 25.6 Å². The molecule has 0 radical (unpaired) electrons. The lowest BCUT2D eigenvalue weighted by Crippen LogP contribution is -2.07. The highest BCUT2D eigenvalue weighted by atomic mass is 32.1. The van der Waals surface area contributed by atoms with E-state index in [-0.39, 0.29) is 17.3 Å². The van der Waals surface area contributed by atoms with Crippen LogP contribution in [0.3, 0.4) is 0 Å². The van der Waals surface area contributed by atoms with E-state index in [9.17, 15) is 10.1 Å². The zero-order valence-corrected chi connectivity index (χ0v) is 13.8. The topological polar surface area (TPSA) is 115 Å². The number of nitrogens with zero attached hydrogens (tertiary/aromatic N) is 4. The first-order valence-corrected chi connectivity index (χ1v) is 7.89. The predicted molar refractivity (Wildman–Crippen MR) is 92.3 cm³/mol. The van der Waals surface area contributed by atoms with Gasteiger partial charge in [-0.15, -0.1) is 0 Å². The van der Waals surface area contributed by atoms with E-state index in [0.29, 0.717) is 11.7 Å². The summed E-state index contributed by atoms with van der Waals surface area (Å²) in [6, 6.07) is 5.49. The van der Waals surface area contributed by atoms with Crippen molar-refractivity contribution in [3.05, 3.63) is 34.6 Å². The molecular weight excluding hydrogens is 332 g/mol. The maximum atomic E-state index is 11.4. The van der Waals surface area contributed by atoms with Crippen LogP contribution in [0.15, 0.2) is 24.5 Å². The molecule has 0 atom stereocenters. The number of benzene rings is 1. The minimum absolute atomic E-state index is 0.0944. The third-order valence-corrected chi connectivity index (χ3v) is 4.10. The first-order valence-electron chi connectivity index (χ1n) is 7.07. The molecule has 0 spiro atoms. The maximum absolute atomic E-state index is 11.4. The van der Waals surface area contributed by atoms with E-state index < -0.39 is 4.92 Å². The molecule has 3 aromatic rings. The Morgan fingerprint density at radius 1 is 1.33 bits per heavy atom. The molecule has 0 bridgehead atoms. The molecule has 0 amide bonds.